The average molecular weight is 184 g/mol. The normalized spacial score (nSPS) is 13.8. The van der Waals surface area contributed by atoms with E-state index in [1.54, 1.807) is 0 Å². The lowest BCUT2D eigenvalue weighted by Crippen LogP contribution is -2.16. The Bertz CT molecular complexity index is 579. The predicted octanol–water partition coefficient (Wildman–Crippen LogP) is 1.99. The van der Waals surface area contributed by atoms with E-state index in [2.05, 4.69) is 23.6 Å². The van der Waals surface area contributed by atoms with Gasteiger partial charge in [-0.3, -0.25) is 5.41 Å². The fourth-order valence-corrected chi connectivity index (χ4v) is 2.36. The van der Waals surface area contributed by atoms with Gasteiger partial charge in [0.15, 0.2) is 0 Å². The predicted molar refractivity (Wildman–Crippen MR) is 56.2 cm³/mol. The molecular formula is C12H12N2. The second kappa shape index (κ2) is 2.47. The van der Waals surface area contributed by atoms with E-state index in [0.717, 1.165) is 13.0 Å². The lowest BCUT2D eigenvalue weighted by molar-refractivity contribution is 0.719. The molecule has 0 amide bonds. The number of nitrogens with zero attached hydrogens (tertiary/aromatic N) is 1. The Hall–Kier alpha value is -1.57. The third-order valence-corrected chi connectivity index (χ3v) is 3.12. The molecule has 1 N–H and O–H groups in total. The molecule has 2 heterocycles. The largest absolute Gasteiger partial charge is 0.326 e. The van der Waals surface area contributed by atoms with Crippen LogP contribution in [0, 0.1) is 12.3 Å². The summed E-state index contributed by atoms with van der Waals surface area (Å²) in [7, 11) is 0. The summed E-state index contributed by atoms with van der Waals surface area (Å²) in [5.74, 6) is 0. The van der Waals surface area contributed by atoms with Crippen LogP contribution in [-0.2, 0) is 13.0 Å². The first kappa shape index (κ1) is 7.80. The van der Waals surface area contributed by atoms with Crippen LogP contribution in [-0.4, -0.2) is 4.57 Å². The van der Waals surface area contributed by atoms with Crippen molar-refractivity contribution in [3.8, 4) is 0 Å². The van der Waals surface area contributed by atoms with Crippen LogP contribution >= 0.6 is 0 Å². The molecule has 0 aliphatic carbocycles. The Labute approximate surface area is 82.3 Å². The van der Waals surface area contributed by atoms with Gasteiger partial charge in [-0.25, -0.2) is 0 Å². The lowest BCUT2D eigenvalue weighted by Gasteiger charge is -2.05. The molecule has 1 aromatic heterocycles. The van der Waals surface area contributed by atoms with Gasteiger partial charge in [0, 0.05) is 6.54 Å². The van der Waals surface area contributed by atoms with Crippen LogP contribution in [0.3, 0.4) is 0 Å². The van der Waals surface area contributed by atoms with Crippen molar-refractivity contribution in [1.82, 2.24) is 4.57 Å². The summed E-state index contributed by atoms with van der Waals surface area (Å²) >= 11 is 0. The molecule has 2 aromatic rings. The Morgan fingerprint density at radius 2 is 2.00 bits per heavy atom. The Balaban J connectivity index is 2.62. The second-order valence-electron chi connectivity index (χ2n) is 3.92. The zero-order valence-electron chi connectivity index (χ0n) is 8.17. The molecule has 1 aromatic carbocycles. The zero-order chi connectivity index (χ0) is 9.71. The van der Waals surface area contributed by atoms with E-state index in [1.807, 2.05) is 12.1 Å². The first-order chi connectivity index (χ1) is 6.77. The molecule has 0 fully saturated rings. The zero-order valence-corrected chi connectivity index (χ0v) is 8.17. The van der Waals surface area contributed by atoms with Crippen LogP contribution in [0.5, 0.6) is 0 Å². The van der Waals surface area contributed by atoms with Crippen molar-refractivity contribution in [2.24, 2.45) is 0 Å². The van der Waals surface area contributed by atoms with E-state index in [1.165, 1.54) is 22.0 Å². The van der Waals surface area contributed by atoms with Gasteiger partial charge in [0.2, 0.25) is 0 Å². The maximum atomic E-state index is 7.82. The van der Waals surface area contributed by atoms with E-state index in [4.69, 9.17) is 5.41 Å². The molecule has 0 unspecified atom stereocenters. The maximum absolute atomic E-state index is 7.82. The van der Waals surface area contributed by atoms with Crippen molar-refractivity contribution >= 4 is 10.9 Å². The standard InChI is InChI=1S/C12H12N2/c1-8-2-3-9-4-5-11(13)14-7-6-10(8)12(9)14/h2-5,13H,6-7H2,1H3. The summed E-state index contributed by atoms with van der Waals surface area (Å²) in [6.07, 6.45) is 1.08. The molecule has 0 atom stereocenters. The fraction of sp³-hybridized carbons (Fsp3) is 0.250. The SMILES string of the molecule is Cc1ccc2ccc(=N)n3c2c1CC3. The van der Waals surface area contributed by atoms with E-state index < -0.39 is 0 Å². The van der Waals surface area contributed by atoms with Crippen molar-refractivity contribution in [3.63, 3.8) is 0 Å². The number of hydrogen-bond donors (Lipinski definition) is 1. The summed E-state index contributed by atoms with van der Waals surface area (Å²) in [6.45, 7) is 3.12. The number of pyridine rings is 1. The average Bonchev–Trinajstić information content (AvgIpc) is 2.62. The minimum atomic E-state index is 0.627. The highest BCUT2D eigenvalue weighted by molar-refractivity contribution is 5.84. The maximum Gasteiger partial charge on any atom is 0.125 e. The van der Waals surface area contributed by atoms with Gasteiger partial charge in [-0.1, -0.05) is 12.1 Å². The molecule has 0 saturated carbocycles. The van der Waals surface area contributed by atoms with Crippen LogP contribution < -0.4 is 5.49 Å². The van der Waals surface area contributed by atoms with E-state index in [9.17, 15) is 0 Å². The molecule has 1 aliphatic rings. The minimum Gasteiger partial charge on any atom is -0.326 e. The van der Waals surface area contributed by atoms with Crippen molar-refractivity contribution in [1.29, 1.82) is 5.41 Å². The highest BCUT2D eigenvalue weighted by Crippen LogP contribution is 2.26. The van der Waals surface area contributed by atoms with Gasteiger partial charge in [0.1, 0.15) is 5.49 Å². The number of nitrogens with one attached hydrogen (secondary N) is 1. The van der Waals surface area contributed by atoms with Crippen molar-refractivity contribution in [2.75, 3.05) is 0 Å². The molecule has 0 radical (unpaired) electrons. The highest BCUT2D eigenvalue weighted by Gasteiger charge is 2.15. The van der Waals surface area contributed by atoms with Crippen LogP contribution in [0.25, 0.3) is 10.9 Å². The van der Waals surface area contributed by atoms with Gasteiger partial charge in [-0.2, -0.15) is 0 Å². The summed E-state index contributed by atoms with van der Waals surface area (Å²) in [5, 5.41) is 9.08. The first-order valence-electron chi connectivity index (χ1n) is 4.94. The second-order valence-corrected chi connectivity index (χ2v) is 3.92. The van der Waals surface area contributed by atoms with Crippen molar-refractivity contribution in [2.45, 2.75) is 19.9 Å². The molecule has 0 bridgehead atoms. The number of aromatic nitrogens is 1. The molecule has 0 spiro atoms. The first-order valence-corrected chi connectivity index (χ1v) is 4.94. The van der Waals surface area contributed by atoms with E-state index in [0.29, 0.717) is 5.49 Å². The summed E-state index contributed by atoms with van der Waals surface area (Å²) in [6, 6.07) is 8.25. The van der Waals surface area contributed by atoms with Crippen LogP contribution in [0.15, 0.2) is 24.3 Å². The van der Waals surface area contributed by atoms with Crippen LogP contribution in [0.2, 0.25) is 0 Å². The molecule has 2 heteroatoms. The number of aryl methyl sites for hydroxylation is 3. The molecule has 3 rings (SSSR count). The fourth-order valence-electron chi connectivity index (χ4n) is 2.36. The molecule has 0 saturated heterocycles. The van der Waals surface area contributed by atoms with Gasteiger partial charge in [-0.15, -0.1) is 0 Å². The quantitative estimate of drug-likeness (QED) is 0.648. The summed E-state index contributed by atoms with van der Waals surface area (Å²) in [5.41, 5.74) is 4.69. The lowest BCUT2D eigenvalue weighted by atomic mass is 10.0. The summed E-state index contributed by atoms with van der Waals surface area (Å²) < 4.78 is 2.11. The van der Waals surface area contributed by atoms with Gasteiger partial charge < -0.3 is 4.57 Å². The number of hydrogen-bond acceptors (Lipinski definition) is 1. The smallest absolute Gasteiger partial charge is 0.125 e. The highest BCUT2D eigenvalue weighted by atomic mass is 15.0. The number of benzene rings is 1. The topological polar surface area (TPSA) is 28.8 Å². The molecular weight excluding hydrogens is 172 g/mol. The molecule has 2 nitrogen and oxygen atoms in total. The van der Waals surface area contributed by atoms with Gasteiger partial charge in [0.25, 0.3) is 0 Å². The van der Waals surface area contributed by atoms with Crippen molar-refractivity contribution < 1.29 is 0 Å². The molecule has 70 valence electrons. The van der Waals surface area contributed by atoms with Crippen molar-refractivity contribution in [3.05, 3.63) is 40.9 Å². The van der Waals surface area contributed by atoms with Crippen LogP contribution in [0.1, 0.15) is 11.1 Å². The summed E-state index contributed by atoms with van der Waals surface area (Å²) in [4.78, 5) is 0. The Morgan fingerprint density at radius 1 is 1.21 bits per heavy atom. The third-order valence-electron chi connectivity index (χ3n) is 3.12. The van der Waals surface area contributed by atoms with Crippen LogP contribution in [0.4, 0.5) is 0 Å². The number of rotatable bonds is 0. The van der Waals surface area contributed by atoms with E-state index in [-0.39, 0.29) is 0 Å². The monoisotopic (exact) mass is 184 g/mol. The minimum absolute atomic E-state index is 0.627. The van der Waals surface area contributed by atoms with Gasteiger partial charge in [-0.05, 0) is 42.0 Å². The van der Waals surface area contributed by atoms with E-state index >= 15 is 0 Å². The molecule has 1 aliphatic heterocycles. The molecule has 14 heavy (non-hydrogen) atoms. The van der Waals surface area contributed by atoms with Gasteiger partial charge >= 0.3 is 0 Å². The third kappa shape index (κ3) is 0.830. The van der Waals surface area contributed by atoms with Gasteiger partial charge in [0.05, 0.1) is 5.52 Å². The Morgan fingerprint density at radius 3 is 2.86 bits per heavy atom. The Kier molecular flexibility index (Phi) is 1.38.